The molecule has 0 unspecified atom stereocenters. The van der Waals surface area contributed by atoms with Gasteiger partial charge in [0.25, 0.3) is 5.69 Å². The van der Waals surface area contributed by atoms with Crippen molar-refractivity contribution in [2.24, 2.45) is 0 Å². The second kappa shape index (κ2) is 6.47. The molecule has 0 bridgehead atoms. The van der Waals surface area contributed by atoms with E-state index in [1.165, 1.54) is 19.3 Å². The number of carbonyl (C=O) groups is 1. The summed E-state index contributed by atoms with van der Waals surface area (Å²) in [7, 11) is 1.31. The molecule has 0 fully saturated rings. The fourth-order valence-electron chi connectivity index (χ4n) is 1.88. The summed E-state index contributed by atoms with van der Waals surface area (Å²) in [5.41, 5.74) is 2.18. The van der Waals surface area contributed by atoms with E-state index < -0.39 is 10.9 Å². The minimum atomic E-state index is -0.433. The smallest absolute Gasteiger partial charge is 0.330 e. The molecule has 0 aromatic heterocycles. The number of nitrogens with zero attached hydrogens (tertiary/aromatic N) is 1. The average Bonchev–Trinajstić information content (AvgIpc) is 2.53. The van der Waals surface area contributed by atoms with E-state index in [-0.39, 0.29) is 5.69 Å². The van der Waals surface area contributed by atoms with Gasteiger partial charge in [-0.2, -0.15) is 0 Å². The van der Waals surface area contributed by atoms with Crippen LogP contribution in [0.1, 0.15) is 5.56 Å². The van der Waals surface area contributed by atoms with Gasteiger partial charge in [-0.3, -0.25) is 10.1 Å². The van der Waals surface area contributed by atoms with E-state index in [1.54, 1.807) is 48.5 Å². The Bertz CT molecular complexity index is 690. The number of hydrogen-bond donors (Lipinski definition) is 0. The molecular weight excluding hydrogens is 270 g/mol. The Morgan fingerprint density at radius 2 is 1.81 bits per heavy atom. The molecular formula is C16H13NO4. The fraction of sp³-hybridized carbons (Fsp3) is 0.0625. The minimum Gasteiger partial charge on any atom is -0.466 e. The summed E-state index contributed by atoms with van der Waals surface area (Å²) < 4.78 is 4.51. The lowest BCUT2D eigenvalue weighted by atomic mass is 10.0. The van der Waals surface area contributed by atoms with Crippen LogP contribution in [-0.2, 0) is 9.53 Å². The van der Waals surface area contributed by atoms with Gasteiger partial charge < -0.3 is 4.74 Å². The molecule has 2 aromatic rings. The fourth-order valence-corrected chi connectivity index (χ4v) is 1.88. The minimum absolute atomic E-state index is 0.0651. The molecule has 0 N–H and O–H groups in total. The predicted octanol–water partition coefficient (Wildman–Crippen LogP) is 3.45. The van der Waals surface area contributed by atoms with Crippen molar-refractivity contribution in [3.05, 3.63) is 70.3 Å². The van der Waals surface area contributed by atoms with Gasteiger partial charge in [0.15, 0.2) is 0 Å². The van der Waals surface area contributed by atoms with E-state index in [1.807, 2.05) is 0 Å². The lowest BCUT2D eigenvalue weighted by Gasteiger charge is -2.03. The number of nitro groups is 1. The molecule has 0 aliphatic heterocycles. The summed E-state index contributed by atoms with van der Waals surface area (Å²) >= 11 is 0. The zero-order chi connectivity index (χ0) is 15.2. The van der Waals surface area contributed by atoms with E-state index >= 15 is 0 Å². The first-order chi connectivity index (χ1) is 10.1. The van der Waals surface area contributed by atoms with Crippen LogP contribution in [0.25, 0.3) is 17.2 Å². The molecule has 0 aliphatic carbocycles. The van der Waals surface area contributed by atoms with Crippen molar-refractivity contribution in [3.63, 3.8) is 0 Å². The second-order valence-electron chi connectivity index (χ2n) is 4.25. The Morgan fingerprint density at radius 3 is 2.43 bits per heavy atom. The number of carbonyl (C=O) groups excluding carboxylic acids is 1. The number of esters is 1. The second-order valence-corrected chi connectivity index (χ2v) is 4.25. The Morgan fingerprint density at radius 1 is 1.14 bits per heavy atom. The summed E-state index contributed by atoms with van der Waals surface area (Å²) in [6.07, 6.45) is 2.94. The van der Waals surface area contributed by atoms with Crippen molar-refractivity contribution in [1.29, 1.82) is 0 Å². The van der Waals surface area contributed by atoms with Crippen molar-refractivity contribution in [1.82, 2.24) is 0 Å². The molecule has 0 saturated heterocycles. The maximum absolute atomic E-state index is 11.0. The van der Waals surface area contributed by atoms with Gasteiger partial charge >= 0.3 is 5.97 Å². The van der Waals surface area contributed by atoms with Crippen LogP contribution in [0.2, 0.25) is 0 Å². The summed E-state index contributed by atoms with van der Waals surface area (Å²) in [5, 5.41) is 11.0. The molecule has 2 rings (SSSR count). The molecule has 0 aliphatic rings. The van der Waals surface area contributed by atoms with Gasteiger partial charge in [0.2, 0.25) is 0 Å². The Balaban J connectivity index is 2.30. The molecule has 0 amide bonds. The monoisotopic (exact) mass is 283 g/mol. The highest BCUT2D eigenvalue weighted by Crippen LogP contribution is 2.29. The summed E-state index contributed by atoms with van der Waals surface area (Å²) in [6, 6.07) is 13.7. The molecule has 5 nitrogen and oxygen atoms in total. The van der Waals surface area contributed by atoms with Gasteiger partial charge in [-0.1, -0.05) is 36.4 Å². The van der Waals surface area contributed by atoms with Crippen molar-refractivity contribution >= 4 is 17.7 Å². The van der Waals surface area contributed by atoms with Gasteiger partial charge in [0, 0.05) is 12.1 Å². The van der Waals surface area contributed by atoms with Crippen molar-refractivity contribution in [3.8, 4) is 11.1 Å². The largest absolute Gasteiger partial charge is 0.466 e. The van der Waals surface area contributed by atoms with Gasteiger partial charge in [-0.25, -0.2) is 4.79 Å². The van der Waals surface area contributed by atoms with E-state index in [2.05, 4.69) is 4.74 Å². The average molecular weight is 283 g/mol. The van der Waals surface area contributed by atoms with E-state index in [4.69, 9.17) is 0 Å². The van der Waals surface area contributed by atoms with Crippen LogP contribution in [0.15, 0.2) is 54.6 Å². The molecule has 0 radical (unpaired) electrons. The lowest BCUT2D eigenvalue weighted by Crippen LogP contribution is -1.93. The van der Waals surface area contributed by atoms with Crippen LogP contribution in [0.5, 0.6) is 0 Å². The number of benzene rings is 2. The maximum Gasteiger partial charge on any atom is 0.330 e. The van der Waals surface area contributed by atoms with E-state index in [9.17, 15) is 14.9 Å². The summed E-state index contributed by atoms with van der Waals surface area (Å²) in [6.45, 7) is 0. The van der Waals surface area contributed by atoms with Crippen LogP contribution in [0.3, 0.4) is 0 Å². The van der Waals surface area contributed by atoms with Crippen molar-refractivity contribution < 1.29 is 14.5 Å². The first-order valence-corrected chi connectivity index (χ1v) is 6.21. The zero-order valence-electron chi connectivity index (χ0n) is 11.4. The van der Waals surface area contributed by atoms with Crippen LogP contribution >= 0.6 is 0 Å². The zero-order valence-corrected chi connectivity index (χ0v) is 11.4. The highest BCUT2D eigenvalue weighted by molar-refractivity contribution is 5.87. The van der Waals surface area contributed by atoms with Gasteiger partial charge in [-0.15, -0.1) is 0 Å². The first kappa shape index (κ1) is 14.5. The van der Waals surface area contributed by atoms with Gasteiger partial charge in [0.05, 0.1) is 17.6 Å². The van der Waals surface area contributed by atoms with Gasteiger partial charge in [-0.05, 0) is 23.3 Å². The lowest BCUT2D eigenvalue weighted by molar-refractivity contribution is -0.384. The number of hydrogen-bond acceptors (Lipinski definition) is 4. The first-order valence-electron chi connectivity index (χ1n) is 6.21. The SMILES string of the molecule is COC(=O)/C=C/c1ccc(-c2ccccc2[N+](=O)[O-])cc1. The Kier molecular flexibility index (Phi) is 4.46. The van der Waals surface area contributed by atoms with E-state index in [0.29, 0.717) is 5.56 Å². The molecule has 0 spiro atoms. The number of rotatable bonds is 4. The molecule has 5 heteroatoms. The third-order valence-electron chi connectivity index (χ3n) is 2.94. The normalized spacial score (nSPS) is 10.5. The highest BCUT2D eigenvalue weighted by Gasteiger charge is 2.13. The maximum atomic E-state index is 11.0. The quantitative estimate of drug-likeness (QED) is 0.373. The van der Waals surface area contributed by atoms with Crippen LogP contribution in [0, 0.1) is 10.1 Å². The van der Waals surface area contributed by atoms with Crippen molar-refractivity contribution in [2.45, 2.75) is 0 Å². The third kappa shape index (κ3) is 3.54. The third-order valence-corrected chi connectivity index (χ3v) is 2.94. The molecule has 0 heterocycles. The molecule has 0 saturated carbocycles. The summed E-state index contributed by atoms with van der Waals surface area (Å²) in [4.78, 5) is 21.6. The molecule has 21 heavy (non-hydrogen) atoms. The van der Waals surface area contributed by atoms with E-state index in [0.717, 1.165) is 11.1 Å². The predicted molar refractivity (Wildman–Crippen MR) is 79.6 cm³/mol. The van der Waals surface area contributed by atoms with Crippen molar-refractivity contribution in [2.75, 3.05) is 7.11 Å². The number of methoxy groups -OCH3 is 1. The molecule has 0 atom stereocenters. The standard InChI is InChI=1S/C16H13NO4/c1-21-16(18)11-8-12-6-9-13(10-7-12)14-4-2-3-5-15(14)17(19)20/h2-11H,1H3/b11-8+. The Labute approximate surface area is 121 Å². The molecule has 2 aromatic carbocycles. The number of nitro benzene ring substituents is 1. The summed E-state index contributed by atoms with van der Waals surface area (Å²) in [5.74, 6) is -0.433. The number of ether oxygens (including phenoxy) is 1. The van der Waals surface area contributed by atoms with Crippen LogP contribution in [0.4, 0.5) is 5.69 Å². The van der Waals surface area contributed by atoms with Crippen LogP contribution < -0.4 is 0 Å². The highest BCUT2D eigenvalue weighted by atomic mass is 16.6. The number of para-hydroxylation sites is 1. The Hall–Kier alpha value is -2.95. The molecule has 106 valence electrons. The van der Waals surface area contributed by atoms with Crippen LogP contribution in [-0.4, -0.2) is 18.0 Å². The van der Waals surface area contributed by atoms with Gasteiger partial charge in [0.1, 0.15) is 0 Å². The topological polar surface area (TPSA) is 69.4 Å².